The molecule has 1 aromatic heterocycles. The molecule has 1 fully saturated rings. The molecular weight excluding hydrogens is 425 g/mol. The van der Waals surface area contributed by atoms with E-state index in [-0.39, 0.29) is 9.23 Å². The lowest BCUT2D eigenvalue weighted by Crippen LogP contribution is -2.33. The number of aliphatic carboxylic acids is 1. The maximum Gasteiger partial charge on any atom is 0.323 e. The third-order valence-electron chi connectivity index (χ3n) is 4.63. The zero-order valence-electron chi connectivity index (χ0n) is 15.8. The number of nitrogens with zero attached hydrogens (tertiary/aromatic N) is 3. The van der Waals surface area contributed by atoms with Crippen LogP contribution in [0.1, 0.15) is 17.0 Å². The minimum Gasteiger partial charge on any atom is -0.480 e. The molecule has 4 rings (SSSR count). The van der Waals surface area contributed by atoms with Gasteiger partial charge in [-0.1, -0.05) is 53.8 Å². The molecule has 0 saturated carbocycles. The van der Waals surface area contributed by atoms with E-state index < -0.39 is 24.2 Å². The number of amides is 1. The number of imidazole rings is 1. The van der Waals surface area contributed by atoms with E-state index in [9.17, 15) is 14.0 Å². The first-order valence-electron chi connectivity index (χ1n) is 9.00. The van der Waals surface area contributed by atoms with Gasteiger partial charge in [-0.2, -0.15) is 0 Å². The number of aromatic nitrogens is 2. The van der Waals surface area contributed by atoms with Crippen molar-refractivity contribution < 1.29 is 19.1 Å². The highest BCUT2D eigenvalue weighted by Gasteiger charge is 2.33. The summed E-state index contributed by atoms with van der Waals surface area (Å²) in [6.45, 7) is 1.99. The van der Waals surface area contributed by atoms with E-state index in [1.165, 1.54) is 12.1 Å². The number of halogens is 1. The quantitative estimate of drug-likeness (QED) is 0.479. The zero-order chi connectivity index (χ0) is 21.4. The molecule has 1 N–H and O–H groups in total. The van der Waals surface area contributed by atoms with Gasteiger partial charge in [-0.25, -0.2) is 9.37 Å². The van der Waals surface area contributed by atoms with Crippen LogP contribution in [0.15, 0.2) is 47.4 Å². The molecule has 6 nitrogen and oxygen atoms in total. The third-order valence-corrected chi connectivity index (χ3v) is 6.01. The summed E-state index contributed by atoms with van der Waals surface area (Å²) in [6, 6.07) is 12.4. The minimum absolute atomic E-state index is 0.181. The van der Waals surface area contributed by atoms with Gasteiger partial charge in [0.1, 0.15) is 22.5 Å². The standard InChI is InChI=1S/C21H16FN3O3S2/c1-12-2-4-13(5-3-12)10-24-16-7-6-14(22)8-15(16)23-18(24)9-17-20(28)25(11-19(26)27)21(29)30-17/h2-9H,10-11H2,1H3,(H,26,27)/b17-9-. The van der Waals surface area contributed by atoms with E-state index in [1.54, 1.807) is 12.1 Å². The highest BCUT2D eigenvalue weighted by molar-refractivity contribution is 8.26. The topological polar surface area (TPSA) is 75.4 Å². The van der Waals surface area contributed by atoms with Gasteiger partial charge in [-0.3, -0.25) is 14.5 Å². The smallest absolute Gasteiger partial charge is 0.323 e. The Balaban J connectivity index is 1.77. The molecule has 152 valence electrons. The number of aryl methyl sites for hydroxylation is 1. The second-order valence-electron chi connectivity index (χ2n) is 6.84. The summed E-state index contributed by atoms with van der Waals surface area (Å²) in [5.74, 6) is -1.56. The van der Waals surface area contributed by atoms with Crippen molar-refractivity contribution in [1.29, 1.82) is 0 Å². The van der Waals surface area contributed by atoms with Gasteiger partial charge in [-0.15, -0.1) is 0 Å². The summed E-state index contributed by atoms with van der Waals surface area (Å²) in [6.07, 6.45) is 1.58. The number of thioether (sulfide) groups is 1. The average molecular weight is 442 g/mol. The van der Waals surface area contributed by atoms with Crippen molar-refractivity contribution in [3.63, 3.8) is 0 Å². The van der Waals surface area contributed by atoms with Gasteiger partial charge < -0.3 is 9.67 Å². The maximum atomic E-state index is 13.7. The van der Waals surface area contributed by atoms with Gasteiger partial charge in [0.15, 0.2) is 0 Å². The molecule has 0 atom stereocenters. The minimum atomic E-state index is -1.14. The van der Waals surface area contributed by atoms with E-state index in [0.29, 0.717) is 17.9 Å². The Labute approximate surface area is 181 Å². The molecule has 30 heavy (non-hydrogen) atoms. The van der Waals surface area contributed by atoms with Gasteiger partial charge in [-0.05, 0) is 24.6 Å². The van der Waals surface area contributed by atoms with Gasteiger partial charge in [0.05, 0.1) is 15.9 Å². The van der Waals surface area contributed by atoms with E-state index in [1.807, 2.05) is 35.8 Å². The van der Waals surface area contributed by atoms with Crippen LogP contribution in [0.25, 0.3) is 17.1 Å². The van der Waals surface area contributed by atoms with Gasteiger partial charge in [0, 0.05) is 18.7 Å². The molecule has 2 aromatic carbocycles. The number of hydrogen-bond acceptors (Lipinski definition) is 5. The van der Waals surface area contributed by atoms with Gasteiger partial charge >= 0.3 is 5.97 Å². The highest BCUT2D eigenvalue weighted by atomic mass is 32.2. The van der Waals surface area contributed by atoms with Crippen LogP contribution >= 0.6 is 24.0 Å². The monoisotopic (exact) mass is 441 g/mol. The normalized spacial score (nSPS) is 15.5. The van der Waals surface area contributed by atoms with Crippen molar-refractivity contribution in [3.8, 4) is 0 Å². The van der Waals surface area contributed by atoms with Crippen molar-refractivity contribution >= 4 is 57.3 Å². The summed E-state index contributed by atoms with van der Waals surface area (Å²) < 4.78 is 15.8. The van der Waals surface area contributed by atoms with Crippen LogP contribution in [0.2, 0.25) is 0 Å². The number of benzene rings is 2. The molecule has 2 heterocycles. The maximum absolute atomic E-state index is 13.7. The van der Waals surface area contributed by atoms with Crippen LogP contribution in [-0.4, -0.2) is 42.3 Å². The van der Waals surface area contributed by atoms with E-state index in [2.05, 4.69) is 4.98 Å². The van der Waals surface area contributed by atoms with Crippen molar-refractivity contribution in [3.05, 3.63) is 70.1 Å². The fourth-order valence-electron chi connectivity index (χ4n) is 3.16. The van der Waals surface area contributed by atoms with Crippen LogP contribution < -0.4 is 0 Å². The lowest BCUT2D eigenvalue weighted by Gasteiger charge is -2.10. The van der Waals surface area contributed by atoms with E-state index >= 15 is 0 Å². The predicted octanol–water partition coefficient (Wildman–Crippen LogP) is 3.82. The molecule has 3 aromatic rings. The predicted molar refractivity (Wildman–Crippen MR) is 117 cm³/mol. The summed E-state index contributed by atoms with van der Waals surface area (Å²) in [4.78, 5) is 29.5. The summed E-state index contributed by atoms with van der Waals surface area (Å²) >= 11 is 6.17. The molecule has 1 saturated heterocycles. The zero-order valence-corrected chi connectivity index (χ0v) is 17.5. The Kier molecular flexibility index (Phi) is 5.40. The number of thiocarbonyl (C=S) groups is 1. The molecule has 9 heteroatoms. The van der Waals surface area contributed by atoms with Crippen molar-refractivity contribution in [2.24, 2.45) is 0 Å². The fourth-order valence-corrected chi connectivity index (χ4v) is 4.39. The summed E-state index contributed by atoms with van der Waals surface area (Å²) in [5.41, 5.74) is 3.36. The molecule has 0 aliphatic carbocycles. The van der Waals surface area contributed by atoms with Gasteiger partial charge in [0.2, 0.25) is 0 Å². The number of carbonyl (C=O) groups excluding carboxylic acids is 1. The van der Waals surface area contributed by atoms with Gasteiger partial charge in [0.25, 0.3) is 5.91 Å². The first kappa shape index (κ1) is 20.2. The summed E-state index contributed by atoms with van der Waals surface area (Å²) in [5, 5.41) is 9.00. The molecule has 1 aliphatic rings. The number of carboxylic acid groups (broad SMARTS) is 1. The lowest BCUT2D eigenvalue weighted by molar-refractivity contribution is -0.140. The fraction of sp³-hybridized carbons (Fsp3) is 0.143. The molecule has 0 spiro atoms. The Morgan fingerprint density at radius 2 is 2.00 bits per heavy atom. The molecule has 1 aliphatic heterocycles. The molecule has 0 unspecified atom stereocenters. The number of hydrogen-bond donors (Lipinski definition) is 1. The average Bonchev–Trinajstić information content (AvgIpc) is 3.15. The Bertz CT molecular complexity index is 1220. The van der Waals surface area contributed by atoms with E-state index in [4.69, 9.17) is 17.3 Å². The first-order chi connectivity index (χ1) is 14.3. The van der Waals surface area contributed by atoms with Crippen LogP contribution in [-0.2, 0) is 16.1 Å². The second kappa shape index (κ2) is 8.00. The second-order valence-corrected chi connectivity index (χ2v) is 8.51. The number of rotatable bonds is 5. The highest BCUT2D eigenvalue weighted by Crippen LogP contribution is 2.33. The molecule has 0 radical (unpaired) electrons. The van der Waals surface area contributed by atoms with Crippen LogP contribution in [0.4, 0.5) is 4.39 Å². The lowest BCUT2D eigenvalue weighted by atomic mass is 10.1. The largest absolute Gasteiger partial charge is 0.480 e. The van der Waals surface area contributed by atoms with Crippen LogP contribution in [0.5, 0.6) is 0 Å². The Morgan fingerprint density at radius 3 is 2.70 bits per heavy atom. The van der Waals surface area contributed by atoms with E-state index in [0.717, 1.165) is 33.3 Å². The van der Waals surface area contributed by atoms with Crippen LogP contribution in [0.3, 0.4) is 0 Å². The number of fused-ring (bicyclic) bond motifs is 1. The van der Waals surface area contributed by atoms with Crippen molar-refractivity contribution in [1.82, 2.24) is 14.5 Å². The number of carboxylic acids is 1. The SMILES string of the molecule is Cc1ccc(Cn2c(/C=C3\SC(=S)N(CC(=O)O)C3=O)nc3cc(F)ccc32)cc1. The third kappa shape index (κ3) is 3.99. The Morgan fingerprint density at radius 1 is 1.27 bits per heavy atom. The van der Waals surface area contributed by atoms with Crippen molar-refractivity contribution in [2.75, 3.05) is 6.54 Å². The van der Waals surface area contributed by atoms with Crippen LogP contribution in [0, 0.1) is 12.7 Å². The Hall–Kier alpha value is -3.04. The van der Waals surface area contributed by atoms with Crippen molar-refractivity contribution in [2.45, 2.75) is 13.5 Å². The molecule has 1 amide bonds. The number of carbonyl (C=O) groups is 2. The summed E-state index contributed by atoms with van der Waals surface area (Å²) in [7, 11) is 0. The first-order valence-corrected chi connectivity index (χ1v) is 10.2. The molecular formula is C21H16FN3O3S2. The molecule has 0 bridgehead atoms.